The molecule has 0 aromatic carbocycles. The maximum Gasteiger partial charge on any atom is 0.222 e. The lowest BCUT2D eigenvalue weighted by Gasteiger charge is -2.56. The molecule has 0 spiro atoms. The molecule has 0 amide bonds. The number of nitrogens with zero attached hydrogens (tertiary/aromatic N) is 1. The highest BCUT2D eigenvalue weighted by Crippen LogP contribution is 2.57. The van der Waals surface area contributed by atoms with Crippen LogP contribution in [0.25, 0.3) is 0 Å². The number of ether oxygens (including phenoxy) is 1. The molecule has 4 bridgehead atoms. The van der Waals surface area contributed by atoms with Gasteiger partial charge in [-0.2, -0.15) is 0 Å². The maximum absolute atomic E-state index is 6.33. The third-order valence-electron chi connectivity index (χ3n) is 5.33. The minimum absolute atomic E-state index is 0.198. The van der Waals surface area contributed by atoms with Gasteiger partial charge in [0, 0.05) is 12.5 Å². The zero-order valence-corrected chi connectivity index (χ0v) is 11.3. The van der Waals surface area contributed by atoms with Crippen molar-refractivity contribution in [2.24, 2.45) is 17.8 Å². The van der Waals surface area contributed by atoms with E-state index in [4.69, 9.17) is 15.0 Å². The van der Waals surface area contributed by atoms with Crippen molar-refractivity contribution in [3.63, 3.8) is 0 Å². The van der Waals surface area contributed by atoms with Crippen LogP contribution in [-0.4, -0.2) is 17.4 Å². The Morgan fingerprint density at radius 1 is 1.21 bits per heavy atom. The first-order valence-electron chi connectivity index (χ1n) is 7.56. The van der Waals surface area contributed by atoms with E-state index in [1.165, 1.54) is 38.5 Å². The van der Waals surface area contributed by atoms with E-state index >= 15 is 0 Å². The van der Waals surface area contributed by atoms with Crippen molar-refractivity contribution in [1.82, 2.24) is 5.16 Å². The second kappa shape index (κ2) is 4.23. The Labute approximate surface area is 113 Å². The minimum Gasteiger partial charge on any atom is -0.375 e. The SMILES string of the molecule is Nc1cc(CCOC23CC4CC(CC(C4)C2)C3)no1. The van der Waals surface area contributed by atoms with E-state index in [2.05, 4.69) is 5.16 Å². The van der Waals surface area contributed by atoms with Gasteiger partial charge in [-0.3, -0.25) is 0 Å². The summed E-state index contributed by atoms with van der Waals surface area (Å²) in [6, 6.07) is 1.79. The number of nitrogens with two attached hydrogens (primary N) is 1. The van der Waals surface area contributed by atoms with Gasteiger partial charge < -0.3 is 15.0 Å². The van der Waals surface area contributed by atoms with Crippen LogP contribution in [-0.2, 0) is 11.2 Å². The topological polar surface area (TPSA) is 61.3 Å². The number of aromatic nitrogens is 1. The lowest BCUT2D eigenvalue weighted by atomic mass is 9.54. The summed E-state index contributed by atoms with van der Waals surface area (Å²) in [4.78, 5) is 0. The molecular weight excluding hydrogens is 240 g/mol. The average molecular weight is 262 g/mol. The molecule has 0 unspecified atom stereocenters. The van der Waals surface area contributed by atoms with Crippen molar-refractivity contribution >= 4 is 5.88 Å². The molecule has 4 fully saturated rings. The van der Waals surface area contributed by atoms with Crippen LogP contribution in [0.15, 0.2) is 10.6 Å². The summed E-state index contributed by atoms with van der Waals surface area (Å²) in [6.07, 6.45) is 9.07. The van der Waals surface area contributed by atoms with E-state index in [-0.39, 0.29) is 5.60 Å². The van der Waals surface area contributed by atoms with Crippen molar-refractivity contribution in [2.45, 2.75) is 50.5 Å². The zero-order valence-electron chi connectivity index (χ0n) is 11.3. The van der Waals surface area contributed by atoms with Crippen LogP contribution >= 0.6 is 0 Å². The first kappa shape index (κ1) is 11.8. The Kier molecular flexibility index (Phi) is 2.62. The molecule has 4 nitrogen and oxygen atoms in total. The van der Waals surface area contributed by atoms with Gasteiger partial charge in [0.25, 0.3) is 0 Å². The van der Waals surface area contributed by atoms with Crippen molar-refractivity contribution in [2.75, 3.05) is 12.3 Å². The second-order valence-electron chi connectivity index (χ2n) is 6.92. The van der Waals surface area contributed by atoms with Crippen LogP contribution < -0.4 is 5.73 Å². The number of nitrogen functional groups attached to an aromatic ring is 1. The molecule has 4 saturated carbocycles. The number of hydrogen-bond donors (Lipinski definition) is 1. The normalized spacial score (nSPS) is 39.9. The third-order valence-corrected chi connectivity index (χ3v) is 5.33. The van der Waals surface area contributed by atoms with Gasteiger partial charge >= 0.3 is 0 Å². The Morgan fingerprint density at radius 2 is 1.84 bits per heavy atom. The summed E-state index contributed by atoms with van der Waals surface area (Å²) in [7, 11) is 0. The summed E-state index contributed by atoms with van der Waals surface area (Å²) in [5.74, 6) is 3.21. The fourth-order valence-electron chi connectivity index (χ4n) is 5.03. The van der Waals surface area contributed by atoms with Crippen LogP contribution in [0.4, 0.5) is 5.88 Å². The maximum atomic E-state index is 6.33. The molecule has 1 heterocycles. The standard InChI is InChI=1S/C15H22N2O2/c16-14-6-13(17-19-14)1-2-18-15-7-10-3-11(8-15)5-12(4-10)9-15/h6,10-12H,1-5,7-9,16H2. The quantitative estimate of drug-likeness (QED) is 0.906. The van der Waals surface area contributed by atoms with Gasteiger partial charge in [-0.05, 0) is 56.3 Å². The smallest absolute Gasteiger partial charge is 0.222 e. The molecule has 19 heavy (non-hydrogen) atoms. The predicted octanol–water partition coefficient (Wildman–Crippen LogP) is 2.78. The monoisotopic (exact) mass is 262 g/mol. The molecule has 5 rings (SSSR count). The number of hydrogen-bond acceptors (Lipinski definition) is 4. The summed E-state index contributed by atoms with van der Waals surface area (Å²) < 4.78 is 11.2. The average Bonchev–Trinajstić information content (AvgIpc) is 2.73. The van der Waals surface area contributed by atoms with Gasteiger partial charge in [0.2, 0.25) is 5.88 Å². The lowest BCUT2D eigenvalue weighted by molar-refractivity contribution is -0.161. The highest BCUT2D eigenvalue weighted by Gasteiger charge is 2.51. The molecule has 0 atom stereocenters. The first-order chi connectivity index (χ1) is 9.21. The van der Waals surface area contributed by atoms with Crippen molar-refractivity contribution in [3.8, 4) is 0 Å². The van der Waals surface area contributed by atoms with Gasteiger partial charge in [0.15, 0.2) is 0 Å². The van der Waals surface area contributed by atoms with Gasteiger partial charge in [-0.15, -0.1) is 0 Å². The molecule has 104 valence electrons. The highest BCUT2D eigenvalue weighted by molar-refractivity contribution is 5.24. The van der Waals surface area contributed by atoms with Crippen molar-refractivity contribution < 1.29 is 9.26 Å². The van der Waals surface area contributed by atoms with Gasteiger partial charge in [0.1, 0.15) is 0 Å². The molecule has 0 saturated heterocycles. The van der Waals surface area contributed by atoms with E-state index in [0.29, 0.717) is 5.88 Å². The predicted molar refractivity (Wildman–Crippen MR) is 71.5 cm³/mol. The molecule has 0 aliphatic heterocycles. The van der Waals surface area contributed by atoms with Gasteiger partial charge in [-0.1, -0.05) is 5.16 Å². The molecule has 1 aromatic rings. The summed E-state index contributed by atoms with van der Waals surface area (Å²) in [5.41, 5.74) is 6.63. The second-order valence-corrected chi connectivity index (χ2v) is 6.92. The summed E-state index contributed by atoms with van der Waals surface area (Å²) >= 11 is 0. The van der Waals surface area contributed by atoms with Crippen LogP contribution in [0.3, 0.4) is 0 Å². The Balaban J connectivity index is 1.37. The molecule has 0 radical (unpaired) electrons. The molecule has 2 N–H and O–H groups in total. The fraction of sp³-hybridized carbons (Fsp3) is 0.800. The first-order valence-corrected chi connectivity index (χ1v) is 7.56. The third kappa shape index (κ3) is 2.16. The van der Waals surface area contributed by atoms with E-state index in [9.17, 15) is 0 Å². The fourth-order valence-corrected chi connectivity index (χ4v) is 5.03. The lowest BCUT2D eigenvalue weighted by Crippen LogP contribution is -2.52. The molecule has 4 aliphatic carbocycles. The molecule has 4 heteroatoms. The Hall–Kier alpha value is -1.03. The Morgan fingerprint density at radius 3 is 2.37 bits per heavy atom. The highest BCUT2D eigenvalue weighted by atomic mass is 16.5. The van der Waals surface area contributed by atoms with Crippen LogP contribution in [0, 0.1) is 17.8 Å². The van der Waals surface area contributed by atoms with E-state index in [1.54, 1.807) is 6.07 Å². The molecular formula is C15H22N2O2. The van der Waals surface area contributed by atoms with Crippen LogP contribution in [0.5, 0.6) is 0 Å². The summed E-state index contributed by atoms with van der Waals surface area (Å²) in [5, 5.41) is 3.92. The van der Waals surface area contributed by atoms with E-state index < -0.39 is 0 Å². The van der Waals surface area contributed by atoms with E-state index in [0.717, 1.165) is 36.5 Å². The largest absolute Gasteiger partial charge is 0.375 e. The summed E-state index contributed by atoms with van der Waals surface area (Å²) in [6.45, 7) is 0.748. The Bertz CT molecular complexity index is 433. The van der Waals surface area contributed by atoms with E-state index in [1.807, 2.05) is 0 Å². The van der Waals surface area contributed by atoms with Crippen molar-refractivity contribution in [1.29, 1.82) is 0 Å². The molecule has 1 aromatic heterocycles. The van der Waals surface area contributed by atoms with Gasteiger partial charge in [-0.25, -0.2) is 0 Å². The number of rotatable bonds is 4. The van der Waals surface area contributed by atoms with Crippen LogP contribution in [0.1, 0.15) is 44.2 Å². The van der Waals surface area contributed by atoms with Gasteiger partial charge in [0.05, 0.1) is 17.9 Å². The number of anilines is 1. The zero-order chi connectivity index (χ0) is 12.9. The minimum atomic E-state index is 0.198. The molecule has 4 aliphatic rings. The van der Waals surface area contributed by atoms with Crippen molar-refractivity contribution in [3.05, 3.63) is 11.8 Å². The van der Waals surface area contributed by atoms with Crippen LogP contribution in [0.2, 0.25) is 0 Å².